The molecule has 0 aromatic heterocycles. The molecule has 214 valence electrons. The van der Waals surface area contributed by atoms with Gasteiger partial charge >= 0.3 is 0 Å². The van der Waals surface area contributed by atoms with Crippen molar-refractivity contribution in [3.05, 3.63) is 59.7 Å². The van der Waals surface area contributed by atoms with E-state index in [2.05, 4.69) is 62.1 Å². The SMILES string of the molecule is COc1ccc(COCC#CC[C@@H]2C(=O)N([Si](C)(C)C(C)(C)C)[C@H]2CC#CCOCc2ccc(OC)cc2)cc1. The molecule has 0 N–H and O–H groups in total. The van der Waals surface area contributed by atoms with E-state index in [1.165, 1.54) is 0 Å². The predicted molar refractivity (Wildman–Crippen MR) is 161 cm³/mol. The highest BCUT2D eigenvalue weighted by atomic mass is 28.3. The van der Waals surface area contributed by atoms with E-state index < -0.39 is 8.24 Å². The molecule has 1 fully saturated rings. The Morgan fingerprint density at radius 1 is 0.750 bits per heavy atom. The monoisotopic (exact) mass is 561 g/mol. The molecule has 1 aliphatic rings. The molecule has 3 rings (SSSR count). The summed E-state index contributed by atoms with van der Waals surface area (Å²) in [7, 11) is 1.27. The van der Waals surface area contributed by atoms with Crippen LogP contribution in [0.5, 0.6) is 11.5 Å². The van der Waals surface area contributed by atoms with Crippen molar-refractivity contribution in [2.75, 3.05) is 27.4 Å². The van der Waals surface area contributed by atoms with Gasteiger partial charge in [0.15, 0.2) is 8.24 Å². The van der Waals surface area contributed by atoms with Gasteiger partial charge in [0.05, 0.1) is 33.4 Å². The van der Waals surface area contributed by atoms with Crippen molar-refractivity contribution in [3.63, 3.8) is 0 Å². The summed E-state index contributed by atoms with van der Waals surface area (Å²) >= 11 is 0. The maximum absolute atomic E-state index is 13.3. The van der Waals surface area contributed by atoms with E-state index >= 15 is 0 Å². The molecule has 2 aromatic rings. The van der Waals surface area contributed by atoms with Gasteiger partial charge in [0, 0.05) is 18.9 Å². The fourth-order valence-electron chi connectivity index (χ4n) is 4.46. The lowest BCUT2D eigenvalue weighted by Crippen LogP contribution is -2.72. The zero-order valence-corrected chi connectivity index (χ0v) is 26.0. The second kappa shape index (κ2) is 14.4. The fraction of sp³-hybridized carbons (Fsp3) is 0.485. The quantitative estimate of drug-likeness (QED) is 0.145. The van der Waals surface area contributed by atoms with Crippen molar-refractivity contribution in [2.45, 2.75) is 71.0 Å². The molecule has 1 saturated heterocycles. The molecular formula is C33H43NO5Si. The average Bonchev–Trinajstić information content (AvgIpc) is 2.93. The normalized spacial score (nSPS) is 16.8. The molecule has 0 saturated carbocycles. The summed E-state index contributed by atoms with van der Waals surface area (Å²) in [5.41, 5.74) is 2.14. The fourth-order valence-corrected chi connectivity index (χ4v) is 7.00. The molecule has 2 aromatic carbocycles. The van der Waals surface area contributed by atoms with Crippen molar-refractivity contribution in [3.8, 4) is 35.2 Å². The maximum atomic E-state index is 13.3. The lowest BCUT2D eigenvalue weighted by atomic mass is 9.85. The smallest absolute Gasteiger partial charge is 0.221 e. The van der Waals surface area contributed by atoms with E-state index in [9.17, 15) is 4.79 Å². The van der Waals surface area contributed by atoms with Gasteiger partial charge in [-0.15, -0.1) is 0 Å². The van der Waals surface area contributed by atoms with Crippen LogP contribution in [0.15, 0.2) is 48.5 Å². The summed E-state index contributed by atoms with van der Waals surface area (Å²) < 4.78 is 24.0. The van der Waals surface area contributed by atoms with Crippen LogP contribution in [0.4, 0.5) is 0 Å². The van der Waals surface area contributed by atoms with E-state index in [0.717, 1.165) is 22.6 Å². The van der Waals surface area contributed by atoms with Crippen LogP contribution >= 0.6 is 0 Å². The van der Waals surface area contributed by atoms with Crippen LogP contribution in [-0.4, -0.2) is 52.2 Å². The average molecular weight is 562 g/mol. The zero-order valence-electron chi connectivity index (χ0n) is 25.0. The Balaban J connectivity index is 1.53. The molecule has 0 spiro atoms. The minimum absolute atomic E-state index is 0.0573. The van der Waals surface area contributed by atoms with Gasteiger partial charge in [-0.3, -0.25) is 4.79 Å². The first-order valence-corrected chi connectivity index (χ1v) is 16.7. The third-order valence-electron chi connectivity index (χ3n) is 7.88. The van der Waals surface area contributed by atoms with Crippen LogP contribution in [0.25, 0.3) is 0 Å². The van der Waals surface area contributed by atoms with E-state index in [-0.39, 0.29) is 22.9 Å². The van der Waals surface area contributed by atoms with Crippen molar-refractivity contribution in [2.24, 2.45) is 5.92 Å². The molecule has 1 amide bonds. The van der Waals surface area contributed by atoms with E-state index in [1.807, 2.05) is 48.5 Å². The Kier molecular flexibility index (Phi) is 11.3. The Morgan fingerprint density at radius 2 is 1.20 bits per heavy atom. The molecule has 1 heterocycles. The number of methoxy groups -OCH3 is 2. The summed E-state index contributed by atoms with van der Waals surface area (Å²) in [4.78, 5) is 13.3. The molecule has 6 nitrogen and oxygen atoms in total. The van der Waals surface area contributed by atoms with Crippen LogP contribution in [0.3, 0.4) is 0 Å². The highest BCUT2D eigenvalue weighted by Crippen LogP contribution is 2.46. The second-order valence-corrected chi connectivity index (χ2v) is 16.6. The number of carbonyl (C=O) groups is 1. The standard InChI is InChI=1S/C33H43NO5Si/c1-33(2,3)40(6,7)34-31(13-9-11-23-39-25-27-16-20-29(37-5)21-17-27)30(32(34)35)12-8-10-22-38-24-26-14-18-28(36-4)19-15-26/h14-21,30-31H,12-13,22-25H2,1-7H3/t30-,31-/m0/s1. The van der Waals surface area contributed by atoms with Crippen LogP contribution in [0.1, 0.15) is 44.7 Å². The highest BCUT2D eigenvalue weighted by molar-refractivity contribution is 6.80. The third-order valence-corrected chi connectivity index (χ3v) is 13.3. The van der Waals surface area contributed by atoms with Gasteiger partial charge in [-0.1, -0.05) is 81.8 Å². The molecular weight excluding hydrogens is 518 g/mol. The molecule has 0 radical (unpaired) electrons. The van der Waals surface area contributed by atoms with Crippen LogP contribution < -0.4 is 9.47 Å². The lowest BCUT2D eigenvalue weighted by Gasteiger charge is -2.58. The van der Waals surface area contributed by atoms with Crippen molar-refractivity contribution >= 4 is 14.1 Å². The summed E-state index contributed by atoms with van der Waals surface area (Å²) in [5, 5.41) is 0.0573. The lowest BCUT2D eigenvalue weighted by molar-refractivity contribution is -0.147. The maximum Gasteiger partial charge on any atom is 0.221 e. The molecule has 40 heavy (non-hydrogen) atoms. The van der Waals surface area contributed by atoms with E-state index in [1.54, 1.807) is 14.2 Å². The molecule has 0 unspecified atom stereocenters. The first-order valence-electron chi connectivity index (χ1n) is 13.7. The summed E-state index contributed by atoms with van der Waals surface area (Å²) in [6.07, 6.45) is 1.15. The van der Waals surface area contributed by atoms with Crippen molar-refractivity contribution in [1.29, 1.82) is 0 Å². The van der Waals surface area contributed by atoms with E-state index in [4.69, 9.17) is 18.9 Å². The third kappa shape index (κ3) is 8.14. The minimum atomic E-state index is -2.03. The van der Waals surface area contributed by atoms with Gasteiger partial charge in [0.2, 0.25) is 5.91 Å². The Morgan fingerprint density at radius 3 is 1.62 bits per heavy atom. The summed E-state index contributed by atoms with van der Waals surface area (Å²) in [6, 6.07) is 15.7. The minimum Gasteiger partial charge on any atom is -0.497 e. The number of benzene rings is 2. The number of hydrogen-bond acceptors (Lipinski definition) is 5. The number of nitrogens with zero attached hydrogens (tertiary/aromatic N) is 1. The van der Waals surface area contributed by atoms with Gasteiger partial charge in [-0.2, -0.15) is 0 Å². The molecule has 0 bridgehead atoms. The Hall–Kier alpha value is -3.23. The second-order valence-electron chi connectivity index (χ2n) is 11.5. The van der Waals surface area contributed by atoms with E-state index in [0.29, 0.717) is 39.3 Å². The van der Waals surface area contributed by atoms with Gasteiger partial charge in [0.1, 0.15) is 24.7 Å². The summed E-state index contributed by atoms with van der Waals surface area (Å²) in [5.74, 6) is 14.4. The number of β-lactam (4-membered cyclic amide) rings is 1. The number of amides is 1. The highest BCUT2D eigenvalue weighted by Gasteiger charge is 2.56. The topological polar surface area (TPSA) is 57.2 Å². The first-order chi connectivity index (χ1) is 19.1. The van der Waals surface area contributed by atoms with Gasteiger partial charge in [-0.05, 0) is 40.4 Å². The molecule has 7 heteroatoms. The molecule has 2 atom stereocenters. The van der Waals surface area contributed by atoms with Crippen LogP contribution in [0, 0.1) is 29.6 Å². The Labute approximate surface area is 241 Å². The number of hydrogen-bond donors (Lipinski definition) is 0. The van der Waals surface area contributed by atoms with Crippen LogP contribution in [-0.2, 0) is 27.5 Å². The summed E-state index contributed by atoms with van der Waals surface area (Å²) in [6.45, 7) is 12.9. The number of rotatable bonds is 11. The number of carbonyl (C=O) groups excluding carboxylic acids is 1. The zero-order chi connectivity index (χ0) is 29.2. The van der Waals surface area contributed by atoms with Crippen LogP contribution in [0.2, 0.25) is 18.1 Å². The predicted octanol–water partition coefficient (Wildman–Crippen LogP) is 6.06. The van der Waals surface area contributed by atoms with Gasteiger partial charge in [-0.25, -0.2) is 0 Å². The Bertz CT molecular complexity index is 1230. The first kappa shape index (κ1) is 31.3. The molecule has 0 aliphatic carbocycles. The van der Waals surface area contributed by atoms with Crippen molar-refractivity contribution in [1.82, 2.24) is 4.57 Å². The molecule has 1 aliphatic heterocycles. The van der Waals surface area contributed by atoms with Gasteiger partial charge in [0.25, 0.3) is 0 Å². The van der Waals surface area contributed by atoms with Crippen molar-refractivity contribution < 1.29 is 23.7 Å². The largest absolute Gasteiger partial charge is 0.497 e. The number of ether oxygens (including phenoxy) is 4. The van der Waals surface area contributed by atoms with Gasteiger partial charge < -0.3 is 23.5 Å².